The van der Waals surface area contributed by atoms with E-state index in [1.165, 1.54) is 6.07 Å². The van der Waals surface area contributed by atoms with E-state index in [-0.39, 0.29) is 11.5 Å². The predicted molar refractivity (Wildman–Crippen MR) is 58.1 cm³/mol. The van der Waals surface area contributed by atoms with E-state index in [9.17, 15) is 12.8 Å². The highest BCUT2D eigenvalue weighted by atomic mass is 32.2. The Morgan fingerprint density at radius 1 is 1.38 bits per heavy atom. The average Bonchev–Trinajstić information content (AvgIpc) is 2.49. The van der Waals surface area contributed by atoms with E-state index in [0.29, 0.717) is 17.7 Å². The monoisotopic (exact) mass is 242 g/mol. The summed E-state index contributed by atoms with van der Waals surface area (Å²) in [7, 11) is -3.63. The third kappa shape index (κ3) is 1.76. The first kappa shape index (κ1) is 11.3. The van der Waals surface area contributed by atoms with Gasteiger partial charge >= 0.3 is 0 Å². The van der Waals surface area contributed by atoms with Gasteiger partial charge in [0.2, 0.25) is 9.84 Å². The van der Waals surface area contributed by atoms with Gasteiger partial charge in [-0.2, -0.15) is 0 Å². The van der Waals surface area contributed by atoms with Gasteiger partial charge in [0.25, 0.3) is 0 Å². The molecule has 1 aliphatic heterocycles. The van der Waals surface area contributed by atoms with Crippen LogP contribution < -0.4 is 0 Å². The maximum atomic E-state index is 13.4. The number of hydrogen-bond donors (Lipinski definition) is 0. The van der Waals surface area contributed by atoms with Crippen molar-refractivity contribution in [3.8, 4) is 0 Å². The Kier molecular flexibility index (Phi) is 2.82. The smallest absolute Gasteiger partial charge is 0.203 e. The number of sulfone groups is 1. The maximum Gasteiger partial charge on any atom is 0.203 e. The number of ether oxygens (including phenoxy) is 1. The molecule has 3 nitrogen and oxygen atoms in total. The summed E-state index contributed by atoms with van der Waals surface area (Å²) in [6, 6.07) is 4.23. The van der Waals surface area contributed by atoms with E-state index in [4.69, 9.17) is 4.74 Å². The van der Waals surface area contributed by atoms with Gasteiger partial charge in [0, 0.05) is 17.6 Å². The first-order valence-electron chi connectivity index (χ1n) is 4.88. The lowest BCUT2D eigenvalue weighted by molar-refractivity contribution is 0.182. The molecule has 2 rings (SSSR count). The number of halogens is 1. The van der Waals surface area contributed by atoms with Gasteiger partial charge < -0.3 is 4.74 Å². The Morgan fingerprint density at radius 3 is 2.81 bits per heavy atom. The van der Waals surface area contributed by atoms with Gasteiger partial charge in [-0.1, -0.05) is 12.1 Å². The molecule has 5 heteroatoms. The average molecular weight is 242 g/mol. The minimum absolute atomic E-state index is 0.187. The molecule has 0 spiro atoms. The van der Waals surface area contributed by atoms with E-state index < -0.39 is 15.7 Å². The van der Waals surface area contributed by atoms with Crippen LogP contribution in [-0.2, 0) is 14.6 Å². The lowest BCUT2D eigenvalue weighted by Crippen LogP contribution is -1.98. The number of fused-ring (bicyclic) bond motifs is 1. The fraction of sp³-hybridized carbons (Fsp3) is 0.273. The largest absolute Gasteiger partial charge is 0.377 e. The second-order valence-corrected chi connectivity index (χ2v) is 5.18. The number of hydrogen-bond acceptors (Lipinski definition) is 3. The van der Waals surface area contributed by atoms with Crippen molar-refractivity contribution in [3.63, 3.8) is 0 Å². The summed E-state index contributed by atoms with van der Waals surface area (Å²) in [5, 5.41) is 1.08. The fourth-order valence-corrected chi connectivity index (χ4v) is 3.22. The van der Waals surface area contributed by atoms with Crippen molar-refractivity contribution in [2.45, 2.75) is 11.8 Å². The van der Waals surface area contributed by atoms with E-state index in [1.807, 2.05) is 6.92 Å². The third-order valence-electron chi connectivity index (χ3n) is 2.36. The molecule has 86 valence electrons. The van der Waals surface area contributed by atoms with E-state index >= 15 is 0 Å². The molecule has 1 aliphatic rings. The maximum absolute atomic E-state index is 13.4. The van der Waals surface area contributed by atoms with Crippen LogP contribution in [0.4, 0.5) is 4.39 Å². The number of benzene rings is 1. The standard InChI is InChI=1S/C11H11FO3S/c1-2-15-6-8-7-16(13,14)11-9(8)4-3-5-10(11)12/h3-5,7H,2,6H2,1H3. The van der Waals surface area contributed by atoms with Crippen molar-refractivity contribution >= 4 is 15.4 Å². The molecule has 0 aliphatic carbocycles. The summed E-state index contributed by atoms with van der Waals surface area (Å²) in [6.07, 6.45) is 0. The van der Waals surface area contributed by atoms with Crippen molar-refractivity contribution in [2.24, 2.45) is 0 Å². The lowest BCUT2D eigenvalue weighted by Gasteiger charge is -2.04. The van der Waals surface area contributed by atoms with Crippen LogP contribution in [0.3, 0.4) is 0 Å². The highest BCUT2D eigenvalue weighted by Gasteiger charge is 2.29. The summed E-state index contributed by atoms with van der Waals surface area (Å²) >= 11 is 0. The van der Waals surface area contributed by atoms with Crippen molar-refractivity contribution in [2.75, 3.05) is 13.2 Å². The highest BCUT2D eigenvalue weighted by Crippen LogP contribution is 2.34. The minimum atomic E-state index is -3.63. The second kappa shape index (κ2) is 3.99. The molecule has 0 saturated carbocycles. The molecule has 1 aromatic carbocycles. The summed E-state index contributed by atoms with van der Waals surface area (Å²) in [6.45, 7) is 2.49. The Morgan fingerprint density at radius 2 is 2.12 bits per heavy atom. The molecule has 0 atom stereocenters. The molecule has 0 unspecified atom stereocenters. The van der Waals surface area contributed by atoms with Crippen LogP contribution in [0.15, 0.2) is 28.5 Å². The molecule has 0 radical (unpaired) electrons. The molecular weight excluding hydrogens is 231 g/mol. The summed E-state index contributed by atoms with van der Waals surface area (Å²) < 4.78 is 41.9. The third-order valence-corrected chi connectivity index (χ3v) is 3.94. The van der Waals surface area contributed by atoms with E-state index in [0.717, 1.165) is 11.5 Å². The second-order valence-electron chi connectivity index (χ2n) is 3.44. The Labute approximate surface area is 93.5 Å². The minimum Gasteiger partial charge on any atom is -0.377 e. The van der Waals surface area contributed by atoms with E-state index in [1.54, 1.807) is 6.07 Å². The van der Waals surface area contributed by atoms with Gasteiger partial charge in [0.05, 0.1) is 6.61 Å². The summed E-state index contributed by atoms with van der Waals surface area (Å²) in [5.41, 5.74) is 0.921. The molecule has 1 heterocycles. The first-order chi connectivity index (χ1) is 7.56. The summed E-state index contributed by atoms with van der Waals surface area (Å²) in [4.78, 5) is -0.232. The topological polar surface area (TPSA) is 43.4 Å². The molecule has 0 bridgehead atoms. The van der Waals surface area contributed by atoms with Crippen LogP contribution in [0.2, 0.25) is 0 Å². The zero-order chi connectivity index (χ0) is 11.8. The van der Waals surface area contributed by atoms with Crippen LogP contribution in [-0.4, -0.2) is 21.6 Å². The van der Waals surface area contributed by atoms with Crippen LogP contribution in [0, 0.1) is 5.82 Å². The Balaban J connectivity index is 2.52. The van der Waals surface area contributed by atoms with Gasteiger partial charge in [0.15, 0.2) is 0 Å². The molecule has 0 amide bonds. The van der Waals surface area contributed by atoms with Crippen LogP contribution >= 0.6 is 0 Å². The summed E-state index contributed by atoms with van der Waals surface area (Å²) in [5.74, 6) is -0.708. The van der Waals surface area contributed by atoms with Gasteiger partial charge in [-0.3, -0.25) is 0 Å². The van der Waals surface area contributed by atoms with Crippen molar-refractivity contribution < 1.29 is 17.5 Å². The molecule has 0 N–H and O–H groups in total. The molecule has 0 fully saturated rings. The zero-order valence-electron chi connectivity index (χ0n) is 8.73. The SMILES string of the molecule is CCOCC1=CS(=O)(=O)c2c(F)cccc21. The van der Waals surface area contributed by atoms with Gasteiger partial charge in [-0.05, 0) is 18.6 Å². The molecule has 0 saturated heterocycles. The van der Waals surface area contributed by atoms with Crippen LogP contribution in [0.25, 0.3) is 5.57 Å². The van der Waals surface area contributed by atoms with Gasteiger partial charge in [0.1, 0.15) is 10.7 Å². The highest BCUT2D eigenvalue weighted by molar-refractivity contribution is 7.95. The molecule has 0 aromatic heterocycles. The molecule has 16 heavy (non-hydrogen) atoms. The molecular formula is C11H11FO3S. The normalized spacial score (nSPS) is 17.0. The predicted octanol–water partition coefficient (Wildman–Crippen LogP) is 1.99. The van der Waals surface area contributed by atoms with Crippen molar-refractivity contribution in [3.05, 3.63) is 35.0 Å². The molecule has 1 aromatic rings. The van der Waals surface area contributed by atoms with Gasteiger partial charge in [-0.25, -0.2) is 12.8 Å². The Bertz CT molecular complexity index is 546. The van der Waals surface area contributed by atoms with E-state index in [2.05, 4.69) is 0 Å². The van der Waals surface area contributed by atoms with Crippen molar-refractivity contribution in [1.29, 1.82) is 0 Å². The first-order valence-corrected chi connectivity index (χ1v) is 6.43. The lowest BCUT2D eigenvalue weighted by atomic mass is 10.1. The van der Waals surface area contributed by atoms with Crippen LogP contribution in [0.5, 0.6) is 0 Å². The fourth-order valence-electron chi connectivity index (χ4n) is 1.68. The zero-order valence-corrected chi connectivity index (χ0v) is 9.55. The quantitative estimate of drug-likeness (QED) is 0.814. The Hall–Kier alpha value is -1.20. The van der Waals surface area contributed by atoms with Crippen molar-refractivity contribution in [1.82, 2.24) is 0 Å². The number of rotatable bonds is 3. The van der Waals surface area contributed by atoms with Crippen LogP contribution in [0.1, 0.15) is 12.5 Å². The van der Waals surface area contributed by atoms with Gasteiger partial charge in [-0.15, -0.1) is 0 Å².